The highest BCUT2D eigenvalue weighted by Gasteiger charge is 2.21. The van der Waals surface area contributed by atoms with Crippen LogP contribution < -0.4 is 0 Å². The molecular formula is C43H26N4S. The third-order valence-corrected chi connectivity index (χ3v) is 10.4. The molecule has 48 heavy (non-hydrogen) atoms. The van der Waals surface area contributed by atoms with Crippen molar-refractivity contribution in [2.75, 3.05) is 0 Å². The van der Waals surface area contributed by atoms with Crippen molar-refractivity contribution in [2.45, 2.75) is 0 Å². The van der Waals surface area contributed by atoms with E-state index in [1.54, 1.807) is 11.3 Å². The van der Waals surface area contributed by atoms with Crippen molar-refractivity contribution in [3.05, 3.63) is 158 Å². The molecule has 0 aliphatic rings. The van der Waals surface area contributed by atoms with Crippen LogP contribution in [0.4, 0.5) is 0 Å². The van der Waals surface area contributed by atoms with Gasteiger partial charge in [-0.15, -0.1) is 11.3 Å². The molecule has 0 unspecified atom stereocenters. The summed E-state index contributed by atoms with van der Waals surface area (Å²) >= 11 is 1.80. The Hall–Kier alpha value is -6.17. The van der Waals surface area contributed by atoms with Crippen LogP contribution >= 0.6 is 11.3 Å². The van der Waals surface area contributed by atoms with Crippen molar-refractivity contribution in [3.63, 3.8) is 0 Å². The van der Waals surface area contributed by atoms with Gasteiger partial charge in [-0.2, -0.15) is 0 Å². The first-order chi connectivity index (χ1) is 23.8. The molecule has 4 nitrogen and oxygen atoms in total. The van der Waals surface area contributed by atoms with Crippen LogP contribution in [-0.4, -0.2) is 19.5 Å². The van der Waals surface area contributed by atoms with Gasteiger partial charge < -0.3 is 4.57 Å². The third kappa shape index (κ3) is 4.18. The molecule has 0 spiro atoms. The molecule has 0 saturated heterocycles. The van der Waals surface area contributed by atoms with Gasteiger partial charge in [0.15, 0.2) is 17.5 Å². The standard InChI is InChI=1S/C43H26N4S/c1-2-13-27(14-3-1)41-44-42(46-43(45-41)33-20-12-24-39-40(33)32-19-8-11-23-38(32)48-39)31-18-7-10-22-36(31)47-35-21-9-6-17-30(35)34-25-28-15-4-5-16-29(28)26-37(34)47/h1-26H. The van der Waals surface area contributed by atoms with Crippen molar-refractivity contribution < 1.29 is 0 Å². The van der Waals surface area contributed by atoms with Crippen molar-refractivity contribution in [1.82, 2.24) is 19.5 Å². The lowest BCUT2D eigenvalue weighted by Gasteiger charge is -2.15. The van der Waals surface area contributed by atoms with E-state index in [4.69, 9.17) is 15.0 Å². The van der Waals surface area contributed by atoms with Crippen molar-refractivity contribution in [1.29, 1.82) is 0 Å². The van der Waals surface area contributed by atoms with Gasteiger partial charge in [0.25, 0.3) is 0 Å². The Labute approximate surface area is 280 Å². The second-order valence-corrected chi connectivity index (χ2v) is 13.1. The summed E-state index contributed by atoms with van der Waals surface area (Å²) in [5.41, 5.74) is 6.21. The molecule has 3 aromatic heterocycles. The first kappa shape index (κ1) is 27.0. The number of thiophene rings is 1. The molecule has 10 aromatic rings. The molecule has 0 aliphatic carbocycles. The highest BCUT2D eigenvalue weighted by molar-refractivity contribution is 7.25. The zero-order valence-electron chi connectivity index (χ0n) is 25.7. The predicted molar refractivity (Wildman–Crippen MR) is 201 cm³/mol. The molecule has 0 radical (unpaired) electrons. The Balaban J connectivity index is 1.27. The zero-order valence-corrected chi connectivity index (χ0v) is 26.5. The zero-order chi connectivity index (χ0) is 31.6. The minimum atomic E-state index is 0.637. The highest BCUT2D eigenvalue weighted by Crippen LogP contribution is 2.41. The fourth-order valence-corrected chi connectivity index (χ4v) is 8.20. The average molecular weight is 631 g/mol. The fourth-order valence-electron chi connectivity index (χ4n) is 7.07. The van der Waals surface area contributed by atoms with E-state index in [2.05, 4.69) is 144 Å². The Morgan fingerprint density at radius 1 is 0.417 bits per heavy atom. The van der Waals surface area contributed by atoms with Crippen LogP contribution in [0, 0.1) is 0 Å². The molecular weight excluding hydrogens is 605 g/mol. The number of nitrogens with zero attached hydrogens (tertiary/aromatic N) is 4. The van der Waals surface area contributed by atoms with Crippen LogP contribution in [0.3, 0.4) is 0 Å². The van der Waals surface area contributed by atoms with E-state index in [0.717, 1.165) is 33.4 Å². The molecule has 0 fully saturated rings. The Bertz CT molecular complexity index is 2850. The summed E-state index contributed by atoms with van der Waals surface area (Å²) in [6, 6.07) is 55.5. The third-order valence-electron chi connectivity index (χ3n) is 9.24. The first-order valence-corrected chi connectivity index (χ1v) is 16.9. The Morgan fingerprint density at radius 2 is 1.04 bits per heavy atom. The SMILES string of the molecule is c1ccc(-c2nc(-c3ccccc3-n3c4ccccc4c4cc5ccccc5cc43)nc(-c3cccc4sc5ccccc5c34)n2)cc1. The lowest BCUT2D eigenvalue weighted by atomic mass is 10.1. The van der Waals surface area contributed by atoms with Gasteiger partial charge in [-0.25, -0.2) is 15.0 Å². The summed E-state index contributed by atoms with van der Waals surface area (Å²) in [5, 5.41) is 7.26. The van der Waals surface area contributed by atoms with Gasteiger partial charge in [-0.3, -0.25) is 0 Å². The number of rotatable bonds is 4. The number of aromatic nitrogens is 4. The molecule has 0 amide bonds. The quantitative estimate of drug-likeness (QED) is 0.194. The maximum Gasteiger partial charge on any atom is 0.166 e. The van der Waals surface area contributed by atoms with Crippen LogP contribution in [0.15, 0.2) is 158 Å². The van der Waals surface area contributed by atoms with Crippen molar-refractivity contribution >= 4 is 64.1 Å². The number of hydrogen-bond donors (Lipinski definition) is 0. The molecule has 224 valence electrons. The van der Waals surface area contributed by atoms with Crippen LogP contribution in [0.5, 0.6) is 0 Å². The van der Waals surface area contributed by atoms with Gasteiger partial charge in [-0.05, 0) is 53.2 Å². The van der Waals surface area contributed by atoms with E-state index in [0.29, 0.717) is 17.5 Å². The fraction of sp³-hybridized carbons (Fsp3) is 0. The van der Waals surface area contributed by atoms with Gasteiger partial charge in [0.05, 0.1) is 16.7 Å². The minimum absolute atomic E-state index is 0.637. The van der Waals surface area contributed by atoms with Crippen LogP contribution in [0.2, 0.25) is 0 Å². The summed E-state index contributed by atoms with van der Waals surface area (Å²) in [5.74, 6) is 1.95. The molecule has 0 bridgehead atoms. The van der Waals surface area contributed by atoms with Gasteiger partial charge in [0.1, 0.15) is 0 Å². The van der Waals surface area contributed by atoms with Crippen molar-refractivity contribution in [3.8, 4) is 39.9 Å². The van der Waals surface area contributed by atoms with E-state index >= 15 is 0 Å². The second kappa shape index (κ2) is 10.7. The van der Waals surface area contributed by atoms with Crippen LogP contribution in [0.1, 0.15) is 0 Å². The topological polar surface area (TPSA) is 43.6 Å². The van der Waals surface area contributed by atoms with E-state index in [-0.39, 0.29) is 0 Å². The second-order valence-electron chi connectivity index (χ2n) is 12.0. The van der Waals surface area contributed by atoms with Crippen LogP contribution in [0.25, 0.3) is 92.6 Å². The van der Waals surface area contributed by atoms with E-state index in [1.165, 1.54) is 41.7 Å². The van der Waals surface area contributed by atoms with E-state index in [1.807, 2.05) is 18.2 Å². The highest BCUT2D eigenvalue weighted by atomic mass is 32.1. The van der Waals surface area contributed by atoms with Gasteiger partial charge in [0, 0.05) is 47.6 Å². The minimum Gasteiger partial charge on any atom is -0.308 e. The normalized spacial score (nSPS) is 11.8. The van der Waals surface area contributed by atoms with Crippen LogP contribution in [-0.2, 0) is 0 Å². The summed E-state index contributed by atoms with van der Waals surface area (Å²) in [6.07, 6.45) is 0. The van der Waals surface area contributed by atoms with Crippen molar-refractivity contribution in [2.24, 2.45) is 0 Å². The smallest absolute Gasteiger partial charge is 0.166 e. The summed E-state index contributed by atoms with van der Waals surface area (Å²) in [6.45, 7) is 0. The maximum atomic E-state index is 5.29. The number of benzene rings is 7. The maximum absolute atomic E-state index is 5.29. The number of fused-ring (bicyclic) bond motifs is 7. The predicted octanol–water partition coefficient (Wildman–Crippen LogP) is 11.5. The van der Waals surface area contributed by atoms with Gasteiger partial charge >= 0.3 is 0 Å². The van der Waals surface area contributed by atoms with Gasteiger partial charge in [-0.1, -0.05) is 115 Å². The largest absolute Gasteiger partial charge is 0.308 e. The molecule has 10 rings (SSSR count). The molecule has 0 atom stereocenters. The summed E-state index contributed by atoms with van der Waals surface area (Å²) < 4.78 is 4.84. The van der Waals surface area contributed by atoms with E-state index in [9.17, 15) is 0 Å². The molecule has 0 aliphatic heterocycles. The first-order valence-electron chi connectivity index (χ1n) is 16.0. The summed E-state index contributed by atoms with van der Waals surface area (Å²) in [7, 11) is 0. The molecule has 5 heteroatoms. The number of hydrogen-bond acceptors (Lipinski definition) is 4. The van der Waals surface area contributed by atoms with Gasteiger partial charge in [0.2, 0.25) is 0 Å². The lowest BCUT2D eigenvalue weighted by molar-refractivity contribution is 1.07. The monoisotopic (exact) mass is 630 g/mol. The molecule has 7 aromatic carbocycles. The average Bonchev–Trinajstić information content (AvgIpc) is 3.69. The lowest BCUT2D eigenvalue weighted by Crippen LogP contribution is -2.03. The molecule has 0 N–H and O–H groups in total. The summed E-state index contributed by atoms with van der Waals surface area (Å²) in [4.78, 5) is 15.6. The Kier molecular flexibility index (Phi) is 6.01. The molecule has 0 saturated carbocycles. The molecule has 3 heterocycles. The number of para-hydroxylation sites is 2. The van der Waals surface area contributed by atoms with E-state index < -0.39 is 0 Å². The Morgan fingerprint density at radius 3 is 1.92 bits per heavy atom.